The first kappa shape index (κ1) is 13.0. The number of rotatable bonds is 3. The third-order valence-corrected chi connectivity index (χ3v) is 3.94. The third kappa shape index (κ3) is 3.50. The second-order valence-corrected chi connectivity index (χ2v) is 5.60. The molecule has 1 nitrogen and oxygen atoms in total. The molecule has 0 bridgehead atoms. The van der Waals surface area contributed by atoms with Crippen LogP contribution in [-0.4, -0.2) is 0 Å². The summed E-state index contributed by atoms with van der Waals surface area (Å²) in [4.78, 5) is 0. The van der Waals surface area contributed by atoms with Crippen molar-refractivity contribution in [2.24, 2.45) is 0 Å². The van der Waals surface area contributed by atoms with Gasteiger partial charge in [-0.2, -0.15) is 0 Å². The molecule has 0 aliphatic carbocycles. The monoisotopic (exact) mass is 377 g/mol. The van der Waals surface area contributed by atoms with Gasteiger partial charge < -0.3 is 5.32 Å². The molecular formula is C13H10Cl2IN. The molecule has 0 saturated carbocycles. The molecule has 0 aliphatic rings. The van der Waals surface area contributed by atoms with Crippen LogP contribution < -0.4 is 5.32 Å². The quantitative estimate of drug-likeness (QED) is 0.724. The molecule has 2 aromatic carbocycles. The first-order valence-corrected chi connectivity index (χ1v) is 6.92. The van der Waals surface area contributed by atoms with Crippen molar-refractivity contribution in [2.75, 3.05) is 5.32 Å². The number of nitrogens with one attached hydrogen (secondary N) is 1. The highest BCUT2D eigenvalue weighted by Gasteiger charge is 2.03. The van der Waals surface area contributed by atoms with Gasteiger partial charge in [-0.25, -0.2) is 0 Å². The zero-order valence-corrected chi connectivity index (χ0v) is 12.6. The Morgan fingerprint density at radius 1 is 1.00 bits per heavy atom. The molecule has 0 radical (unpaired) electrons. The molecule has 0 spiro atoms. The molecule has 88 valence electrons. The molecule has 2 aromatic rings. The van der Waals surface area contributed by atoms with E-state index in [1.807, 2.05) is 24.3 Å². The summed E-state index contributed by atoms with van der Waals surface area (Å²) in [5, 5.41) is 4.52. The summed E-state index contributed by atoms with van der Waals surface area (Å²) in [6.07, 6.45) is 0. The minimum atomic E-state index is 0.591. The van der Waals surface area contributed by atoms with Gasteiger partial charge in [0.05, 0.1) is 10.0 Å². The van der Waals surface area contributed by atoms with E-state index in [-0.39, 0.29) is 0 Å². The van der Waals surface area contributed by atoms with Gasteiger partial charge in [0.2, 0.25) is 0 Å². The standard InChI is InChI=1S/C13H10Cl2IN/c14-12-3-1-2-9(13(12)15)8-17-11-6-4-10(16)5-7-11/h1-7,17H,8H2. The minimum Gasteiger partial charge on any atom is -0.381 e. The average molecular weight is 378 g/mol. The van der Waals surface area contributed by atoms with Gasteiger partial charge in [0.1, 0.15) is 0 Å². The maximum absolute atomic E-state index is 6.11. The highest BCUT2D eigenvalue weighted by molar-refractivity contribution is 14.1. The van der Waals surface area contributed by atoms with Crippen molar-refractivity contribution >= 4 is 51.5 Å². The van der Waals surface area contributed by atoms with Gasteiger partial charge in [0.25, 0.3) is 0 Å². The van der Waals surface area contributed by atoms with E-state index in [0.717, 1.165) is 11.3 Å². The Bertz CT molecular complexity index is 511. The Kier molecular flexibility index (Phi) is 4.54. The third-order valence-electron chi connectivity index (χ3n) is 2.36. The molecule has 1 N–H and O–H groups in total. The Labute approximate surface area is 124 Å². The number of benzene rings is 2. The van der Waals surface area contributed by atoms with Crippen LogP contribution in [0.25, 0.3) is 0 Å². The van der Waals surface area contributed by atoms with Crippen LogP contribution in [0.4, 0.5) is 5.69 Å². The van der Waals surface area contributed by atoms with Crippen LogP contribution in [0.5, 0.6) is 0 Å². The van der Waals surface area contributed by atoms with Crippen molar-refractivity contribution in [1.29, 1.82) is 0 Å². The Balaban J connectivity index is 2.07. The maximum atomic E-state index is 6.11. The summed E-state index contributed by atoms with van der Waals surface area (Å²) in [5.41, 5.74) is 2.07. The summed E-state index contributed by atoms with van der Waals surface area (Å²) < 4.78 is 1.22. The van der Waals surface area contributed by atoms with Gasteiger partial charge in [0, 0.05) is 15.8 Å². The molecule has 4 heteroatoms. The fourth-order valence-corrected chi connectivity index (χ4v) is 2.20. The summed E-state index contributed by atoms with van der Waals surface area (Å²) in [6.45, 7) is 0.667. The Morgan fingerprint density at radius 2 is 1.71 bits per heavy atom. The number of anilines is 1. The average Bonchev–Trinajstić information content (AvgIpc) is 2.33. The van der Waals surface area contributed by atoms with Gasteiger partial charge in [-0.05, 0) is 58.5 Å². The lowest BCUT2D eigenvalue weighted by Gasteiger charge is -2.09. The van der Waals surface area contributed by atoms with Crippen LogP contribution in [0.3, 0.4) is 0 Å². The van der Waals surface area contributed by atoms with E-state index in [4.69, 9.17) is 23.2 Å². The highest BCUT2D eigenvalue weighted by atomic mass is 127. The van der Waals surface area contributed by atoms with Crippen molar-refractivity contribution in [2.45, 2.75) is 6.54 Å². The molecule has 0 atom stereocenters. The van der Waals surface area contributed by atoms with Crippen molar-refractivity contribution in [3.8, 4) is 0 Å². The fourth-order valence-electron chi connectivity index (χ4n) is 1.45. The number of hydrogen-bond donors (Lipinski definition) is 1. The van der Waals surface area contributed by atoms with E-state index in [1.165, 1.54) is 3.57 Å². The second kappa shape index (κ2) is 5.94. The highest BCUT2D eigenvalue weighted by Crippen LogP contribution is 2.26. The van der Waals surface area contributed by atoms with Crippen LogP contribution in [0.1, 0.15) is 5.56 Å². The normalized spacial score (nSPS) is 10.3. The molecule has 17 heavy (non-hydrogen) atoms. The number of halogens is 3. The van der Waals surface area contributed by atoms with Gasteiger partial charge >= 0.3 is 0 Å². The molecule has 2 rings (SSSR count). The van der Waals surface area contributed by atoms with Crippen molar-refractivity contribution in [3.63, 3.8) is 0 Å². The smallest absolute Gasteiger partial charge is 0.0642 e. The molecular weight excluding hydrogens is 368 g/mol. The van der Waals surface area contributed by atoms with E-state index in [2.05, 4.69) is 40.0 Å². The van der Waals surface area contributed by atoms with Crippen LogP contribution in [-0.2, 0) is 6.54 Å². The zero-order chi connectivity index (χ0) is 12.3. The second-order valence-electron chi connectivity index (χ2n) is 3.57. The van der Waals surface area contributed by atoms with E-state index in [0.29, 0.717) is 16.6 Å². The molecule has 0 heterocycles. The predicted molar refractivity (Wildman–Crippen MR) is 82.9 cm³/mol. The van der Waals surface area contributed by atoms with Gasteiger partial charge in [-0.3, -0.25) is 0 Å². The zero-order valence-electron chi connectivity index (χ0n) is 8.88. The summed E-state index contributed by atoms with van der Waals surface area (Å²) in [5.74, 6) is 0. The predicted octanol–water partition coefficient (Wildman–Crippen LogP) is 5.21. The summed E-state index contributed by atoms with van der Waals surface area (Å²) >= 11 is 14.3. The van der Waals surface area contributed by atoms with Crippen molar-refractivity contribution in [1.82, 2.24) is 0 Å². The first-order chi connectivity index (χ1) is 8.16. The van der Waals surface area contributed by atoms with Crippen LogP contribution >= 0.6 is 45.8 Å². The fraction of sp³-hybridized carbons (Fsp3) is 0.0769. The minimum absolute atomic E-state index is 0.591. The topological polar surface area (TPSA) is 12.0 Å². The van der Waals surface area contributed by atoms with Crippen molar-refractivity contribution < 1.29 is 0 Å². The summed E-state index contributed by atoms with van der Waals surface area (Å²) in [7, 11) is 0. The lowest BCUT2D eigenvalue weighted by Crippen LogP contribution is -2.00. The lowest BCUT2D eigenvalue weighted by atomic mass is 10.2. The lowest BCUT2D eigenvalue weighted by molar-refractivity contribution is 1.15. The molecule has 0 fully saturated rings. The Hall–Kier alpha value is -0.450. The SMILES string of the molecule is Clc1cccc(CNc2ccc(I)cc2)c1Cl. The van der Waals surface area contributed by atoms with Crippen LogP contribution in [0.15, 0.2) is 42.5 Å². The molecule has 0 unspecified atom stereocenters. The summed E-state index contributed by atoms with van der Waals surface area (Å²) in [6, 6.07) is 13.9. The van der Waals surface area contributed by atoms with Crippen LogP contribution in [0, 0.1) is 3.57 Å². The van der Waals surface area contributed by atoms with Crippen LogP contribution in [0.2, 0.25) is 10.0 Å². The largest absolute Gasteiger partial charge is 0.381 e. The number of hydrogen-bond acceptors (Lipinski definition) is 1. The first-order valence-electron chi connectivity index (χ1n) is 5.09. The molecule has 0 aromatic heterocycles. The maximum Gasteiger partial charge on any atom is 0.0642 e. The van der Waals surface area contributed by atoms with E-state index in [1.54, 1.807) is 6.07 Å². The molecule has 0 saturated heterocycles. The Morgan fingerprint density at radius 3 is 2.41 bits per heavy atom. The van der Waals surface area contributed by atoms with Crippen molar-refractivity contribution in [3.05, 3.63) is 61.6 Å². The molecule has 0 aliphatic heterocycles. The van der Waals surface area contributed by atoms with Gasteiger partial charge in [0.15, 0.2) is 0 Å². The van der Waals surface area contributed by atoms with E-state index in [9.17, 15) is 0 Å². The van der Waals surface area contributed by atoms with E-state index < -0.39 is 0 Å². The van der Waals surface area contributed by atoms with Gasteiger partial charge in [-0.15, -0.1) is 0 Å². The molecule has 0 amide bonds. The van der Waals surface area contributed by atoms with Gasteiger partial charge in [-0.1, -0.05) is 35.3 Å². The van der Waals surface area contributed by atoms with E-state index >= 15 is 0 Å².